The first-order valence-corrected chi connectivity index (χ1v) is 8.39. The van der Waals surface area contributed by atoms with E-state index in [2.05, 4.69) is 37.5 Å². The predicted octanol–water partition coefficient (Wildman–Crippen LogP) is 3.58. The van der Waals surface area contributed by atoms with Crippen LogP contribution in [0.3, 0.4) is 0 Å². The van der Waals surface area contributed by atoms with Gasteiger partial charge in [0, 0.05) is 37.8 Å². The van der Waals surface area contributed by atoms with Crippen molar-refractivity contribution in [3.8, 4) is 11.3 Å². The van der Waals surface area contributed by atoms with Crippen LogP contribution in [0.15, 0.2) is 59.6 Å². The molecule has 1 unspecified atom stereocenters. The highest BCUT2D eigenvalue weighted by Gasteiger charge is 2.28. The van der Waals surface area contributed by atoms with E-state index in [1.807, 2.05) is 56.6 Å². The molecule has 130 valence electrons. The average Bonchev–Trinajstić information content (AvgIpc) is 3.24. The van der Waals surface area contributed by atoms with E-state index in [1.165, 1.54) is 0 Å². The van der Waals surface area contributed by atoms with Gasteiger partial charge in [-0.25, -0.2) is 4.99 Å². The summed E-state index contributed by atoms with van der Waals surface area (Å²) in [4.78, 5) is 18.6. The van der Waals surface area contributed by atoms with E-state index in [0.29, 0.717) is 5.82 Å². The topological polar surface area (TPSA) is 73.4 Å². The summed E-state index contributed by atoms with van der Waals surface area (Å²) < 4.78 is 0. The largest absolute Gasteiger partial charge is 0.378 e. The fourth-order valence-corrected chi connectivity index (χ4v) is 3.00. The number of aliphatic imine (C=N–C) groups is 1. The summed E-state index contributed by atoms with van der Waals surface area (Å²) >= 11 is 0. The minimum atomic E-state index is -0.384. The van der Waals surface area contributed by atoms with Crippen LogP contribution in [0.5, 0.6) is 0 Å². The Morgan fingerprint density at radius 1 is 1.12 bits per heavy atom. The Morgan fingerprint density at radius 2 is 1.88 bits per heavy atom. The molecule has 0 radical (unpaired) electrons. The van der Waals surface area contributed by atoms with Crippen molar-refractivity contribution in [3.05, 3.63) is 60.2 Å². The number of H-pyrrole nitrogens is 1. The molecular weight excluding hydrogens is 326 g/mol. The highest BCUT2D eigenvalue weighted by Crippen LogP contribution is 2.31. The molecule has 0 saturated heterocycles. The molecule has 2 N–H and O–H groups in total. The smallest absolute Gasteiger partial charge is 0.237 e. The number of fused-ring (bicyclic) bond motifs is 1. The molecule has 1 amide bonds. The first-order chi connectivity index (χ1) is 12.6. The van der Waals surface area contributed by atoms with E-state index in [1.54, 1.807) is 6.21 Å². The Kier molecular flexibility index (Phi) is 4.01. The van der Waals surface area contributed by atoms with Crippen LogP contribution in [0.25, 0.3) is 11.3 Å². The van der Waals surface area contributed by atoms with Gasteiger partial charge in [-0.1, -0.05) is 30.3 Å². The lowest BCUT2D eigenvalue weighted by molar-refractivity contribution is -0.115. The third kappa shape index (κ3) is 2.97. The monoisotopic (exact) mass is 345 g/mol. The van der Waals surface area contributed by atoms with Crippen LogP contribution >= 0.6 is 0 Å². The fourth-order valence-electron chi connectivity index (χ4n) is 3.00. The fraction of sp³-hybridized carbons (Fsp3) is 0.150. The molecular formula is C20H19N5O. The number of para-hydroxylation sites is 1. The quantitative estimate of drug-likeness (QED) is 0.710. The number of aromatic amines is 1. The van der Waals surface area contributed by atoms with Crippen LogP contribution in [-0.2, 0) is 4.79 Å². The minimum Gasteiger partial charge on any atom is -0.378 e. The average molecular weight is 345 g/mol. The number of hydrogen-bond acceptors (Lipinski definition) is 4. The molecule has 2 aromatic carbocycles. The molecule has 6 heteroatoms. The summed E-state index contributed by atoms with van der Waals surface area (Å²) in [7, 11) is 4.02. The van der Waals surface area contributed by atoms with Crippen LogP contribution in [-0.4, -0.2) is 36.4 Å². The summed E-state index contributed by atoms with van der Waals surface area (Å²) in [6.07, 6.45) is 1.65. The first kappa shape index (κ1) is 16.1. The lowest BCUT2D eigenvalue weighted by atomic mass is 10.0. The molecule has 1 aliphatic rings. The molecule has 2 heterocycles. The number of carbonyl (C=O) groups is 1. The van der Waals surface area contributed by atoms with Crippen molar-refractivity contribution in [2.24, 2.45) is 4.99 Å². The molecule has 1 aromatic heterocycles. The number of benzene rings is 2. The molecule has 0 aliphatic carbocycles. The molecule has 0 fully saturated rings. The lowest BCUT2D eigenvalue weighted by Gasteiger charge is -2.12. The van der Waals surface area contributed by atoms with Crippen molar-refractivity contribution in [3.63, 3.8) is 0 Å². The van der Waals surface area contributed by atoms with Crippen LogP contribution in [0.2, 0.25) is 0 Å². The van der Waals surface area contributed by atoms with Gasteiger partial charge in [0.2, 0.25) is 5.91 Å². The van der Waals surface area contributed by atoms with E-state index in [9.17, 15) is 4.79 Å². The van der Waals surface area contributed by atoms with Crippen molar-refractivity contribution < 1.29 is 4.79 Å². The molecule has 1 aliphatic heterocycles. The number of aromatic nitrogens is 2. The molecule has 0 spiro atoms. The summed E-state index contributed by atoms with van der Waals surface area (Å²) in [6, 6.07) is 17.7. The number of anilines is 2. The van der Waals surface area contributed by atoms with E-state index in [4.69, 9.17) is 0 Å². The zero-order valence-electron chi connectivity index (χ0n) is 14.6. The summed E-state index contributed by atoms with van der Waals surface area (Å²) in [5, 5.41) is 10.1. The molecule has 0 bridgehead atoms. The maximum Gasteiger partial charge on any atom is 0.237 e. The van der Waals surface area contributed by atoms with Gasteiger partial charge in [-0.3, -0.25) is 9.89 Å². The van der Waals surface area contributed by atoms with Crippen LogP contribution < -0.4 is 10.2 Å². The highest BCUT2D eigenvalue weighted by atomic mass is 16.2. The second-order valence-corrected chi connectivity index (χ2v) is 6.41. The van der Waals surface area contributed by atoms with Crippen molar-refractivity contribution in [2.45, 2.75) is 5.92 Å². The summed E-state index contributed by atoms with van der Waals surface area (Å²) in [6.45, 7) is 0. The zero-order chi connectivity index (χ0) is 18.1. The number of hydrogen-bond donors (Lipinski definition) is 2. The highest BCUT2D eigenvalue weighted by molar-refractivity contribution is 6.12. The van der Waals surface area contributed by atoms with Crippen molar-refractivity contribution in [1.82, 2.24) is 10.2 Å². The normalized spacial score (nSPS) is 15.9. The molecule has 26 heavy (non-hydrogen) atoms. The van der Waals surface area contributed by atoms with Crippen LogP contribution in [0.1, 0.15) is 11.5 Å². The Morgan fingerprint density at radius 3 is 2.65 bits per heavy atom. The SMILES string of the molecule is CN(C)c1ccc(-c2cc(N=CC3C(=O)Nc4ccccc43)n[nH]2)cc1. The third-order valence-electron chi connectivity index (χ3n) is 4.45. The number of nitrogens with one attached hydrogen (secondary N) is 2. The maximum absolute atomic E-state index is 12.1. The molecule has 0 saturated carbocycles. The zero-order valence-corrected chi connectivity index (χ0v) is 14.6. The number of nitrogens with zero attached hydrogens (tertiary/aromatic N) is 3. The summed E-state index contributed by atoms with van der Waals surface area (Å²) in [5.41, 5.74) is 4.85. The van der Waals surface area contributed by atoms with E-state index >= 15 is 0 Å². The van der Waals surface area contributed by atoms with Gasteiger partial charge >= 0.3 is 0 Å². The lowest BCUT2D eigenvalue weighted by Crippen LogP contribution is -2.12. The van der Waals surface area contributed by atoms with Gasteiger partial charge in [-0.15, -0.1) is 0 Å². The maximum atomic E-state index is 12.1. The van der Waals surface area contributed by atoms with Gasteiger partial charge in [0.25, 0.3) is 0 Å². The van der Waals surface area contributed by atoms with Gasteiger partial charge < -0.3 is 10.2 Å². The Balaban J connectivity index is 1.54. The third-order valence-corrected chi connectivity index (χ3v) is 4.45. The van der Waals surface area contributed by atoms with E-state index < -0.39 is 0 Å². The van der Waals surface area contributed by atoms with Crippen LogP contribution in [0.4, 0.5) is 17.2 Å². The van der Waals surface area contributed by atoms with E-state index in [-0.39, 0.29) is 11.8 Å². The molecule has 1 atom stereocenters. The van der Waals surface area contributed by atoms with Gasteiger partial charge in [0.05, 0.1) is 5.69 Å². The van der Waals surface area contributed by atoms with Crippen molar-refractivity contribution in [2.75, 3.05) is 24.3 Å². The second-order valence-electron chi connectivity index (χ2n) is 6.41. The molecule has 3 aromatic rings. The van der Waals surface area contributed by atoms with E-state index in [0.717, 1.165) is 28.2 Å². The standard InChI is InChI=1S/C20H19N5O/c1-25(2)14-9-7-13(8-10-14)18-11-19(24-23-18)21-12-16-15-5-3-4-6-17(15)22-20(16)26/h3-12,16H,1-2H3,(H,22,26)(H,23,24). The van der Waals surface area contributed by atoms with Crippen molar-refractivity contribution >= 4 is 29.3 Å². The van der Waals surface area contributed by atoms with Gasteiger partial charge in [0.15, 0.2) is 5.82 Å². The Hall–Kier alpha value is -3.41. The Bertz CT molecular complexity index is 972. The van der Waals surface area contributed by atoms with Crippen molar-refractivity contribution in [1.29, 1.82) is 0 Å². The molecule has 4 rings (SSSR count). The number of carbonyl (C=O) groups excluding carboxylic acids is 1. The predicted molar refractivity (Wildman–Crippen MR) is 104 cm³/mol. The molecule has 6 nitrogen and oxygen atoms in total. The minimum absolute atomic E-state index is 0.0648. The Labute approximate surface area is 151 Å². The summed E-state index contributed by atoms with van der Waals surface area (Å²) in [5.74, 6) is 0.101. The second kappa shape index (κ2) is 6.48. The number of rotatable bonds is 4. The van der Waals surface area contributed by atoms with Gasteiger partial charge in [-0.05, 0) is 29.3 Å². The first-order valence-electron chi connectivity index (χ1n) is 8.39. The van der Waals surface area contributed by atoms with Crippen LogP contribution in [0, 0.1) is 0 Å². The van der Waals surface area contributed by atoms with Gasteiger partial charge in [0.1, 0.15) is 5.92 Å². The van der Waals surface area contributed by atoms with Gasteiger partial charge in [-0.2, -0.15) is 5.10 Å². The number of amides is 1.